The first-order chi connectivity index (χ1) is 13.7. The maximum Gasteiger partial charge on any atom is 0.353 e. The summed E-state index contributed by atoms with van der Waals surface area (Å²) < 4.78 is 5.34. The van der Waals surface area contributed by atoms with Crippen LogP contribution in [-0.2, 0) is 11.2 Å². The van der Waals surface area contributed by atoms with Crippen molar-refractivity contribution in [2.45, 2.75) is 19.8 Å². The number of rotatable bonds is 9. The normalized spacial score (nSPS) is 14.6. The first-order valence-electron chi connectivity index (χ1n) is 9.56. The SMILES string of the molecule is CCc1ccc(Nc2ncnc(NCCCN3CCOCC3)c2[N+](=O)[O-])cc1. The molecule has 2 heterocycles. The van der Waals surface area contributed by atoms with Gasteiger partial charge in [0.2, 0.25) is 11.6 Å². The molecule has 0 aliphatic carbocycles. The lowest BCUT2D eigenvalue weighted by molar-refractivity contribution is -0.383. The minimum atomic E-state index is -0.451. The van der Waals surface area contributed by atoms with E-state index >= 15 is 0 Å². The number of nitrogens with one attached hydrogen (secondary N) is 2. The lowest BCUT2D eigenvalue weighted by Crippen LogP contribution is -2.37. The molecule has 0 spiro atoms. The minimum Gasteiger partial charge on any atom is -0.379 e. The number of anilines is 3. The maximum atomic E-state index is 11.6. The van der Waals surface area contributed by atoms with Crippen LogP contribution in [0.3, 0.4) is 0 Å². The van der Waals surface area contributed by atoms with E-state index < -0.39 is 4.92 Å². The average molecular weight is 386 g/mol. The van der Waals surface area contributed by atoms with Crippen molar-refractivity contribution in [2.24, 2.45) is 0 Å². The predicted octanol–water partition coefficient (Wildman–Crippen LogP) is 2.83. The van der Waals surface area contributed by atoms with Crippen LogP contribution < -0.4 is 10.6 Å². The Morgan fingerprint density at radius 2 is 1.89 bits per heavy atom. The van der Waals surface area contributed by atoms with Crippen molar-refractivity contribution in [2.75, 3.05) is 50.0 Å². The summed E-state index contributed by atoms with van der Waals surface area (Å²) in [6, 6.07) is 7.75. The summed E-state index contributed by atoms with van der Waals surface area (Å²) in [6.07, 6.45) is 3.13. The van der Waals surface area contributed by atoms with Crippen molar-refractivity contribution >= 4 is 23.0 Å². The number of nitrogens with zero attached hydrogens (tertiary/aromatic N) is 4. The second-order valence-electron chi connectivity index (χ2n) is 6.59. The fourth-order valence-electron chi connectivity index (χ4n) is 3.07. The number of benzene rings is 1. The Morgan fingerprint density at radius 1 is 1.18 bits per heavy atom. The van der Waals surface area contributed by atoms with Crippen LogP contribution in [0.5, 0.6) is 0 Å². The highest BCUT2D eigenvalue weighted by atomic mass is 16.6. The predicted molar refractivity (Wildman–Crippen MR) is 108 cm³/mol. The van der Waals surface area contributed by atoms with Crippen molar-refractivity contribution in [3.05, 3.63) is 46.3 Å². The molecule has 2 aromatic rings. The highest BCUT2D eigenvalue weighted by Crippen LogP contribution is 2.31. The van der Waals surface area contributed by atoms with Gasteiger partial charge in [0.1, 0.15) is 6.33 Å². The van der Waals surface area contributed by atoms with Crippen LogP contribution in [-0.4, -0.2) is 59.2 Å². The molecule has 150 valence electrons. The summed E-state index contributed by atoms with van der Waals surface area (Å²) in [4.78, 5) is 21.7. The Morgan fingerprint density at radius 3 is 2.57 bits per heavy atom. The first kappa shape index (κ1) is 20.0. The van der Waals surface area contributed by atoms with Crippen LogP contribution in [0.4, 0.5) is 23.0 Å². The molecular weight excluding hydrogens is 360 g/mol. The maximum absolute atomic E-state index is 11.6. The van der Waals surface area contributed by atoms with Gasteiger partial charge in [-0.1, -0.05) is 19.1 Å². The molecule has 1 fully saturated rings. The van der Waals surface area contributed by atoms with E-state index in [4.69, 9.17) is 4.74 Å². The molecule has 1 saturated heterocycles. The van der Waals surface area contributed by atoms with Gasteiger partial charge in [-0.2, -0.15) is 0 Å². The van der Waals surface area contributed by atoms with E-state index in [2.05, 4.69) is 32.4 Å². The summed E-state index contributed by atoms with van der Waals surface area (Å²) in [5.74, 6) is 0.412. The topological polar surface area (TPSA) is 105 Å². The zero-order valence-corrected chi connectivity index (χ0v) is 16.1. The zero-order valence-electron chi connectivity index (χ0n) is 16.1. The monoisotopic (exact) mass is 386 g/mol. The Kier molecular flexibility index (Phi) is 7.10. The Hall–Kier alpha value is -2.78. The molecule has 0 saturated carbocycles. The molecule has 0 bridgehead atoms. The summed E-state index contributed by atoms with van der Waals surface area (Å²) in [5, 5.41) is 17.8. The van der Waals surface area contributed by atoms with Gasteiger partial charge in [-0.15, -0.1) is 0 Å². The number of nitro groups is 1. The van der Waals surface area contributed by atoms with E-state index in [-0.39, 0.29) is 17.3 Å². The molecule has 9 heteroatoms. The highest BCUT2D eigenvalue weighted by molar-refractivity contribution is 5.73. The van der Waals surface area contributed by atoms with Gasteiger partial charge in [-0.3, -0.25) is 15.0 Å². The van der Waals surface area contributed by atoms with Gasteiger partial charge in [-0.25, -0.2) is 9.97 Å². The third-order valence-electron chi connectivity index (χ3n) is 4.68. The molecule has 0 amide bonds. The van der Waals surface area contributed by atoms with Crippen LogP contribution in [0.1, 0.15) is 18.9 Å². The van der Waals surface area contributed by atoms with E-state index in [1.54, 1.807) is 0 Å². The van der Waals surface area contributed by atoms with Crippen molar-refractivity contribution in [1.29, 1.82) is 0 Å². The molecule has 2 N–H and O–H groups in total. The standard InChI is InChI=1S/C19H26N6O3/c1-2-15-4-6-16(7-5-15)23-19-17(25(26)27)18(21-14-22-19)20-8-3-9-24-10-12-28-13-11-24/h4-7,14H,2-3,8-13H2,1H3,(H2,20,21,22,23). The van der Waals surface area contributed by atoms with Gasteiger partial charge in [0.15, 0.2) is 0 Å². The number of hydrogen-bond acceptors (Lipinski definition) is 8. The summed E-state index contributed by atoms with van der Waals surface area (Å²) in [7, 11) is 0. The van der Waals surface area contributed by atoms with Crippen LogP contribution in [0, 0.1) is 10.1 Å². The second kappa shape index (κ2) is 9.95. The molecule has 1 aromatic heterocycles. The van der Waals surface area contributed by atoms with Crippen LogP contribution >= 0.6 is 0 Å². The number of aromatic nitrogens is 2. The minimum absolute atomic E-state index is 0.145. The third kappa shape index (κ3) is 5.37. The lowest BCUT2D eigenvalue weighted by atomic mass is 10.1. The fraction of sp³-hybridized carbons (Fsp3) is 0.474. The van der Waals surface area contributed by atoms with E-state index in [9.17, 15) is 10.1 Å². The number of morpholine rings is 1. The number of aryl methyl sites for hydroxylation is 1. The van der Waals surface area contributed by atoms with Crippen molar-refractivity contribution < 1.29 is 9.66 Å². The third-order valence-corrected chi connectivity index (χ3v) is 4.68. The average Bonchev–Trinajstić information content (AvgIpc) is 2.72. The van der Waals surface area contributed by atoms with Crippen LogP contribution in [0.25, 0.3) is 0 Å². The van der Waals surface area contributed by atoms with Gasteiger partial charge in [0.25, 0.3) is 0 Å². The van der Waals surface area contributed by atoms with E-state index in [0.717, 1.165) is 51.4 Å². The summed E-state index contributed by atoms with van der Waals surface area (Å²) >= 11 is 0. The lowest BCUT2D eigenvalue weighted by Gasteiger charge is -2.26. The summed E-state index contributed by atoms with van der Waals surface area (Å²) in [6.45, 7) is 6.98. The Labute approximate surface area is 164 Å². The van der Waals surface area contributed by atoms with Gasteiger partial charge in [-0.05, 0) is 37.1 Å². The molecule has 0 radical (unpaired) electrons. The van der Waals surface area contributed by atoms with Gasteiger partial charge in [0, 0.05) is 25.3 Å². The molecule has 3 rings (SSSR count). The Balaban J connectivity index is 1.63. The Bertz CT molecular complexity index is 778. The molecular formula is C19H26N6O3. The largest absolute Gasteiger partial charge is 0.379 e. The van der Waals surface area contributed by atoms with Gasteiger partial charge < -0.3 is 15.4 Å². The number of ether oxygens (including phenoxy) is 1. The molecule has 1 aliphatic rings. The van der Waals surface area contributed by atoms with Crippen LogP contribution in [0.2, 0.25) is 0 Å². The van der Waals surface area contributed by atoms with Gasteiger partial charge in [0.05, 0.1) is 18.1 Å². The molecule has 28 heavy (non-hydrogen) atoms. The van der Waals surface area contributed by atoms with Crippen molar-refractivity contribution in [3.63, 3.8) is 0 Å². The van der Waals surface area contributed by atoms with E-state index in [0.29, 0.717) is 6.54 Å². The van der Waals surface area contributed by atoms with Crippen molar-refractivity contribution in [1.82, 2.24) is 14.9 Å². The number of hydrogen-bond donors (Lipinski definition) is 2. The quantitative estimate of drug-likeness (QED) is 0.385. The highest BCUT2D eigenvalue weighted by Gasteiger charge is 2.23. The van der Waals surface area contributed by atoms with Gasteiger partial charge >= 0.3 is 5.69 Å². The molecule has 0 unspecified atom stereocenters. The summed E-state index contributed by atoms with van der Waals surface area (Å²) in [5.41, 5.74) is 1.80. The molecule has 0 atom stereocenters. The molecule has 1 aliphatic heterocycles. The fourth-order valence-corrected chi connectivity index (χ4v) is 3.07. The smallest absolute Gasteiger partial charge is 0.353 e. The first-order valence-corrected chi connectivity index (χ1v) is 9.56. The second-order valence-corrected chi connectivity index (χ2v) is 6.59. The van der Waals surface area contributed by atoms with Crippen LogP contribution in [0.15, 0.2) is 30.6 Å². The van der Waals surface area contributed by atoms with E-state index in [1.165, 1.54) is 11.9 Å². The van der Waals surface area contributed by atoms with Crippen molar-refractivity contribution in [3.8, 4) is 0 Å². The van der Waals surface area contributed by atoms with E-state index in [1.807, 2.05) is 24.3 Å². The molecule has 1 aromatic carbocycles. The zero-order chi connectivity index (χ0) is 19.8. The molecule has 9 nitrogen and oxygen atoms in total.